The van der Waals surface area contributed by atoms with Crippen molar-refractivity contribution >= 4 is 5.65 Å². The molecule has 2 rings (SSSR count). The first-order valence-corrected chi connectivity index (χ1v) is 5.38. The normalized spacial score (nSPS) is 13.2. The van der Waals surface area contributed by atoms with Crippen molar-refractivity contribution in [3.05, 3.63) is 30.2 Å². The Morgan fingerprint density at radius 2 is 2.20 bits per heavy atom. The van der Waals surface area contributed by atoms with Crippen molar-refractivity contribution in [1.82, 2.24) is 9.38 Å². The van der Waals surface area contributed by atoms with Gasteiger partial charge in [-0.1, -0.05) is 20.3 Å². The van der Waals surface area contributed by atoms with Crippen molar-refractivity contribution in [2.24, 2.45) is 0 Å². The van der Waals surface area contributed by atoms with Crippen LogP contribution in [0.3, 0.4) is 0 Å². The Hall–Kier alpha value is -1.51. The van der Waals surface area contributed by atoms with Crippen molar-refractivity contribution < 1.29 is 5.11 Å². The van der Waals surface area contributed by atoms with Crippen LogP contribution >= 0.6 is 0 Å². The van der Waals surface area contributed by atoms with Crippen molar-refractivity contribution in [3.63, 3.8) is 0 Å². The number of nitrogens with zero attached hydrogens (tertiary/aromatic N) is 2. The summed E-state index contributed by atoms with van der Waals surface area (Å²) >= 11 is 0. The standard InChI is InChI=1S/C12H16N2O/c1-3-4-9(2)11-8-14-7-10(15)5-6-12(14)13-11/h5-9,15H,3-4H2,1-2H3. The Morgan fingerprint density at radius 1 is 1.40 bits per heavy atom. The molecule has 0 aromatic carbocycles. The topological polar surface area (TPSA) is 37.5 Å². The Morgan fingerprint density at radius 3 is 2.93 bits per heavy atom. The maximum Gasteiger partial charge on any atom is 0.137 e. The van der Waals surface area contributed by atoms with E-state index in [1.165, 1.54) is 6.42 Å². The van der Waals surface area contributed by atoms with Crippen molar-refractivity contribution in [1.29, 1.82) is 0 Å². The van der Waals surface area contributed by atoms with Crippen LogP contribution in [0.15, 0.2) is 24.5 Å². The number of aromatic nitrogens is 2. The Kier molecular flexibility index (Phi) is 2.62. The van der Waals surface area contributed by atoms with E-state index in [4.69, 9.17) is 0 Å². The number of imidazole rings is 1. The highest BCUT2D eigenvalue weighted by Gasteiger charge is 2.09. The number of hydrogen-bond donors (Lipinski definition) is 1. The molecule has 0 saturated heterocycles. The van der Waals surface area contributed by atoms with Crippen LogP contribution in [0.1, 0.15) is 38.3 Å². The summed E-state index contributed by atoms with van der Waals surface area (Å²) < 4.78 is 1.87. The fourth-order valence-corrected chi connectivity index (χ4v) is 1.82. The van der Waals surface area contributed by atoms with E-state index >= 15 is 0 Å². The molecule has 2 aromatic rings. The molecular weight excluding hydrogens is 188 g/mol. The molecular formula is C12H16N2O. The highest BCUT2D eigenvalue weighted by Crippen LogP contribution is 2.21. The molecule has 0 radical (unpaired) electrons. The molecule has 1 N–H and O–H groups in total. The van der Waals surface area contributed by atoms with Gasteiger partial charge in [0.05, 0.1) is 11.9 Å². The SMILES string of the molecule is CCCC(C)c1cn2cc(O)ccc2n1. The van der Waals surface area contributed by atoms with E-state index < -0.39 is 0 Å². The minimum absolute atomic E-state index is 0.273. The predicted molar refractivity (Wildman–Crippen MR) is 60.2 cm³/mol. The van der Waals surface area contributed by atoms with E-state index in [9.17, 15) is 5.11 Å². The van der Waals surface area contributed by atoms with Gasteiger partial charge in [-0.25, -0.2) is 4.98 Å². The highest BCUT2D eigenvalue weighted by atomic mass is 16.3. The summed E-state index contributed by atoms with van der Waals surface area (Å²) in [5.41, 5.74) is 1.99. The third-order valence-electron chi connectivity index (χ3n) is 2.68. The van der Waals surface area contributed by atoms with Gasteiger partial charge in [0.1, 0.15) is 11.4 Å². The van der Waals surface area contributed by atoms with Gasteiger partial charge in [-0.15, -0.1) is 0 Å². The fourth-order valence-electron chi connectivity index (χ4n) is 1.82. The van der Waals surface area contributed by atoms with Crippen molar-refractivity contribution in [3.8, 4) is 5.75 Å². The van der Waals surface area contributed by atoms with Gasteiger partial charge in [-0.05, 0) is 24.5 Å². The number of rotatable bonds is 3. The summed E-state index contributed by atoms with van der Waals surface area (Å²) in [6.07, 6.45) is 6.00. The third kappa shape index (κ3) is 1.96. The molecule has 0 bridgehead atoms. The Labute approximate surface area is 89.4 Å². The molecule has 1 unspecified atom stereocenters. The van der Waals surface area contributed by atoms with Gasteiger partial charge in [-0.2, -0.15) is 0 Å². The largest absolute Gasteiger partial charge is 0.506 e. The highest BCUT2D eigenvalue weighted by molar-refractivity contribution is 5.43. The zero-order valence-corrected chi connectivity index (χ0v) is 9.14. The van der Waals surface area contributed by atoms with E-state index in [0.717, 1.165) is 17.8 Å². The lowest BCUT2D eigenvalue weighted by molar-refractivity contribution is 0.472. The third-order valence-corrected chi connectivity index (χ3v) is 2.68. The van der Waals surface area contributed by atoms with Crippen molar-refractivity contribution in [2.45, 2.75) is 32.6 Å². The molecule has 0 amide bonds. The first kappa shape index (κ1) is 10.0. The maximum atomic E-state index is 9.33. The summed E-state index contributed by atoms with van der Waals surface area (Å²) in [6.45, 7) is 4.36. The van der Waals surface area contributed by atoms with Crippen LogP contribution in [0.25, 0.3) is 5.65 Å². The molecule has 0 saturated carbocycles. The average Bonchev–Trinajstić information content (AvgIpc) is 2.60. The molecule has 2 aromatic heterocycles. The molecule has 0 aliphatic rings. The van der Waals surface area contributed by atoms with Crippen LogP contribution in [0.4, 0.5) is 0 Å². The predicted octanol–water partition coefficient (Wildman–Crippen LogP) is 2.94. The molecule has 0 fully saturated rings. The number of pyridine rings is 1. The zero-order valence-electron chi connectivity index (χ0n) is 9.14. The lowest BCUT2D eigenvalue weighted by Crippen LogP contribution is -1.92. The van der Waals surface area contributed by atoms with Gasteiger partial charge in [0.25, 0.3) is 0 Å². The molecule has 15 heavy (non-hydrogen) atoms. The van der Waals surface area contributed by atoms with E-state index in [1.54, 1.807) is 12.3 Å². The van der Waals surface area contributed by atoms with Crippen LogP contribution < -0.4 is 0 Å². The van der Waals surface area contributed by atoms with E-state index in [-0.39, 0.29) is 5.75 Å². The molecule has 2 heterocycles. The Bertz CT molecular complexity index is 462. The summed E-state index contributed by atoms with van der Waals surface area (Å²) in [5.74, 6) is 0.756. The monoisotopic (exact) mass is 204 g/mol. The van der Waals surface area contributed by atoms with Crippen LogP contribution in [0.2, 0.25) is 0 Å². The van der Waals surface area contributed by atoms with Crippen LogP contribution in [0.5, 0.6) is 5.75 Å². The van der Waals surface area contributed by atoms with Crippen LogP contribution in [-0.2, 0) is 0 Å². The molecule has 0 aliphatic heterocycles. The summed E-state index contributed by atoms with van der Waals surface area (Å²) in [5, 5.41) is 9.33. The molecule has 0 spiro atoms. The quantitative estimate of drug-likeness (QED) is 0.834. The van der Waals surface area contributed by atoms with E-state index in [2.05, 4.69) is 18.8 Å². The second kappa shape index (κ2) is 3.93. The second-order valence-electron chi connectivity index (χ2n) is 4.01. The van der Waals surface area contributed by atoms with Gasteiger partial charge in [0.2, 0.25) is 0 Å². The van der Waals surface area contributed by atoms with Gasteiger partial charge in [0.15, 0.2) is 0 Å². The minimum atomic E-state index is 0.273. The lowest BCUT2D eigenvalue weighted by Gasteiger charge is -2.04. The average molecular weight is 204 g/mol. The second-order valence-corrected chi connectivity index (χ2v) is 4.01. The molecule has 0 aliphatic carbocycles. The summed E-state index contributed by atoms with van der Waals surface area (Å²) in [6, 6.07) is 3.49. The van der Waals surface area contributed by atoms with Gasteiger partial charge < -0.3 is 9.51 Å². The number of hydrogen-bond acceptors (Lipinski definition) is 2. The van der Waals surface area contributed by atoms with Crippen LogP contribution in [0, 0.1) is 0 Å². The lowest BCUT2D eigenvalue weighted by atomic mass is 10.0. The minimum Gasteiger partial charge on any atom is -0.506 e. The Balaban J connectivity index is 2.38. The van der Waals surface area contributed by atoms with Gasteiger partial charge in [0, 0.05) is 6.20 Å². The molecule has 3 heteroatoms. The first-order chi connectivity index (χ1) is 7.20. The molecule has 80 valence electrons. The summed E-state index contributed by atoms with van der Waals surface area (Å²) in [4.78, 5) is 4.52. The van der Waals surface area contributed by atoms with Gasteiger partial charge >= 0.3 is 0 Å². The van der Waals surface area contributed by atoms with E-state index in [1.807, 2.05) is 16.7 Å². The number of fused-ring (bicyclic) bond motifs is 1. The first-order valence-electron chi connectivity index (χ1n) is 5.38. The van der Waals surface area contributed by atoms with Crippen LogP contribution in [-0.4, -0.2) is 14.5 Å². The van der Waals surface area contributed by atoms with Crippen molar-refractivity contribution in [2.75, 3.05) is 0 Å². The van der Waals surface area contributed by atoms with Gasteiger partial charge in [-0.3, -0.25) is 0 Å². The number of aromatic hydroxyl groups is 1. The smallest absolute Gasteiger partial charge is 0.137 e. The maximum absolute atomic E-state index is 9.33. The molecule has 3 nitrogen and oxygen atoms in total. The zero-order chi connectivity index (χ0) is 10.8. The van der Waals surface area contributed by atoms with E-state index in [0.29, 0.717) is 5.92 Å². The summed E-state index contributed by atoms with van der Waals surface area (Å²) in [7, 11) is 0. The fraction of sp³-hybridized carbons (Fsp3) is 0.417. The molecule has 1 atom stereocenters.